The van der Waals surface area contributed by atoms with Crippen molar-refractivity contribution in [3.8, 4) is 16.9 Å². The number of ether oxygens (including phenoxy) is 1. The number of carbonyl (C=O) groups is 1. The molecule has 1 N–H and O–H groups in total. The summed E-state index contributed by atoms with van der Waals surface area (Å²) < 4.78 is 12.6. The fraction of sp³-hybridized carbons (Fsp3) is 0.261. The molecule has 5 heteroatoms. The molecule has 1 amide bonds. The number of nitrogens with one attached hydrogen (secondary N) is 1. The minimum absolute atomic E-state index is 0.0986. The Bertz CT molecular complexity index is 1050. The fourth-order valence-electron chi connectivity index (χ4n) is 3.32. The van der Waals surface area contributed by atoms with Gasteiger partial charge in [0.2, 0.25) is 5.91 Å². The zero-order valence-electron chi connectivity index (χ0n) is 16.6. The van der Waals surface area contributed by atoms with Gasteiger partial charge in [0, 0.05) is 39.2 Å². The van der Waals surface area contributed by atoms with Crippen molar-refractivity contribution in [2.24, 2.45) is 0 Å². The van der Waals surface area contributed by atoms with Crippen LogP contribution < -0.4 is 10.1 Å². The second-order valence-electron chi connectivity index (χ2n) is 6.74. The summed E-state index contributed by atoms with van der Waals surface area (Å²) in [5, 5.41) is 3.87. The zero-order chi connectivity index (χ0) is 20.3. The molecule has 2 aromatic carbocycles. The molecule has 4 nitrogen and oxygen atoms in total. The number of hydrogen-bond acceptors (Lipinski definition) is 3. The molecule has 0 aliphatic heterocycles. The topological polar surface area (TPSA) is 51.5 Å². The maximum Gasteiger partial charge on any atom is 0.244 e. The number of furan rings is 1. The van der Waals surface area contributed by atoms with Crippen LogP contribution in [0.25, 0.3) is 27.7 Å². The number of hydrogen-bond donors (Lipinski definition) is 1. The first-order chi connectivity index (χ1) is 13.5. The first-order valence-electron chi connectivity index (χ1n) is 9.27. The van der Waals surface area contributed by atoms with Crippen LogP contribution in [0.15, 0.2) is 51.6 Å². The number of rotatable bonds is 6. The first kappa shape index (κ1) is 20.2. The highest BCUT2D eigenvalue weighted by atomic mass is 79.9. The summed E-state index contributed by atoms with van der Waals surface area (Å²) in [5.41, 5.74) is 5.50. The zero-order valence-corrected chi connectivity index (χ0v) is 18.1. The number of allylic oxidation sites excluding steroid dienone is 1. The molecule has 146 valence electrons. The number of fused-ring (bicyclic) bond motifs is 1. The Labute approximate surface area is 173 Å². The first-order valence-corrected chi connectivity index (χ1v) is 10.1. The van der Waals surface area contributed by atoms with Crippen LogP contribution >= 0.6 is 15.9 Å². The second kappa shape index (κ2) is 8.65. The maximum absolute atomic E-state index is 12.2. The Hall–Kier alpha value is -2.53. The van der Waals surface area contributed by atoms with Gasteiger partial charge < -0.3 is 14.5 Å². The molecule has 0 saturated heterocycles. The standard InChI is InChI=1S/C23H24BrNO3/c1-5-9-25-21(26)10-14(2)18-12-19-20(16-7-6-8-17(24)11-16)13-28-23(19)15(3)22(18)27-4/h6-8,10-13H,5,9H2,1-4H3,(H,25,26)/b14-10+. The Morgan fingerprint density at radius 2 is 2.11 bits per heavy atom. The van der Waals surface area contributed by atoms with E-state index in [1.165, 1.54) is 0 Å². The molecule has 0 spiro atoms. The minimum atomic E-state index is -0.0986. The Balaban J connectivity index is 2.16. The monoisotopic (exact) mass is 441 g/mol. The number of amides is 1. The molecular weight excluding hydrogens is 418 g/mol. The Kier molecular flexibility index (Phi) is 6.25. The van der Waals surface area contributed by atoms with E-state index in [1.54, 1.807) is 19.4 Å². The highest BCUT2D eigenvalue weighted by molar-refractivity contribution is 9.10. The van der Waals surface area contributed by atoms with Crippen LogP contribution in [0.4, 0.5) is 0 Å². The number of aryl methyl sites for hydroxylation is 1. The molecular formula is C23H24BrNO3. The largest absolute Gasteiger partial charge is 0.496 e. The van der Waals surface area contributed by atoms with Crippen molar-refractivity contribution < 1.29 is 13.9 Å². The number of halogens is 1. The van der Waals surface area contributed by atoms with Gasteiger partial charge in [0.1, 0.15) is 11.3 Å². The van der Waals surface area contributed by atoms with Crippen LogP contribution in [0.1, 0.15) is 31.4 Å². The molecule has 1 heterocycles. The van der Waals surface area contributed by atoms with E-state index in [2.05, 4.69) is 33.4 Å². The summed E-state index contributed by atoms with van der Waals surface area (Å²) in [4.78, 5) is 12.2. The lowest BCUT2D eigenvalue weighted by atomic mass is 9.96. The lowest BCUT2D eigenvalue weighted by Crippen LogP contribution is -2.21. The molecule has 0 radical (unpaired) electrons. The second-order valence-corrected chi connectivity index (χ2v) is 7.65. The molecule has 0 aliphatic carbocycles. The molecule has 3 rings (SSSR count). The van der Waals surface area contributed by atoms with Gasteiger partial charge in [-0.05, 0) is 49.6 Å². The maximum atomic E-state index is 12.2. The van der Waals surface area contributed by atoms with Crippen molar-refractivity contribution in [2.75, 3.05) is 13.7 Å². The highest BCUT2D eigenvalue weighted by Crippen LogP contribution is 2.40. The molecule has 28 heavy (non-hydrogen) atoms. The van der Waals surface area contributed by atoms with Gasteiger partial charge in [-0.1, -0.05) is 35.0 Å². The average Bonchev–Trinajstić information content (AvgIpc) is 3.10. The van der Waals surface area contributed by atoms with E-state index in [-0.39, 0.29) is 5.91 Å². The van der Waals surface area contributed by atoms with E-state index in [9.17, 15) is 4.79 Å². The van der Waals surface area contributed by atoms with Crippen LogP contribution in [0.2, 0.25) is 0 Å². The SMILES string of the molecule is CCCNC(=O)/C=C(\C)c1cc2c(-c3cccc(Br)c3)coc2c(C)c1OC. The molecule has 0 atom stereocenters. The highest BCUT2D eigenvalue weighted by Gasteiger charge is 2.18. The summed E-state index contributed by atoms with van der Waals surface area (Å²) in [6, 6.07) is 10.1. The van der Waals surface area contributed by atoms with Crippen LogP contribution in [-0.4, -0.2) is 19.6 Å². The van der Waals surface area contributed by atoms with Crippen LogP contribution in [-0.2, 0) is 4.79 Å². The van der Waals surface area contributed by atoms with E-state index in [0.717, 1.165) is 55.4 Å². The lowest BCUT2D eigenvalue weighted by molar-refractivity contribution is -0.116. The van der Waals surface area contributed by atoms with Crippen molar-refractivity contribution in [1.82, 2.24) is 5.32 Å². The summed E-state index contributed by atoms with van der Waals surface area (Å²) in [7, 11) is 1.64. The van der Waals surface area contributed by atoms with Crippen molar-refractivity contribution in [3.63, 3.8) is 0 Å². The Morgan fingerprint density at radius 3 is 2.79 bits per heavy atom. The smallest absolute Gasteiger partial charge is 0.244 e. The summed E-state index contributed by atoms with van der Waals surface area (Å²) in [5.74, 6) is 0.623. The number of benzene rings is 2. The van der Waals surface area contributed by atoms with Gasteiger partial charge in [-0.25, -0.2) is 0 Å². The van der Waals surface area contributed by atoms with Crippen LogP contribution in [0.5, 0.6) is 5.75 Å². The van der Waals surface area contributed by atoms with Gasteiger partial charge >= 0.3 is 0 Å². The fourth-order valence-corrected chi connectivity index (χ4v) is 3.72. The molecule has 1 aromatic heterocycles. The third kappa shape index (κ3) is 3.99. The van der Waals surface area contributed by atoms with Crippen molar-refractivity contribution in [3.05, 3.63) is 58.3 Å². The molecule has 0 bridgehead atoms. The minimum Gasteiger partial charge on any atom is -0.496 e. The van der Waals surface area contributed by atoms with Crippen molar-refractivity contribution in [1.29, 1.82) is 0 Å². The lowest BCUT2D eigenvalue weighted by Gasteiger charge is -2.13. The summed E-state index contributed by atoms with van der Waals surface area (Å²) in [6.45, 7) is 6.59. The quantitative estimate of drug-likeness (QED) is 0.469. The molecule has 0 aliphatic rings. The number of carbonyl (C=O) groups excluding carboxylic acids is 1. The van der Waals surface area contributed by atoms with Crippen molar-refractivity contribution in [2.45, 2.75) is 27.2 Å². The predicted molar refractivity (Wildman–Crippen MR) is 118 cm³/mol. The normalized spacial score (nSPS) is 11.7. The van der Waals surface area contributed by atoms with Gasteiger partial charge in [0.05, 0.1) is 13.4 Å². The third-order valence-corrected chi connectivity index (χ3v) is 5.20. The van der Waals surface area contributed by atoms with Gasteiger partial charge in [-0.2, -0.15) is 0 Å². The predicted octanol–water partition coefficient (Wildman–Crippen LogP) is 6.11. The van der Waals surface area contributed by atoms with Gasteiger partial charge in [0.25, 0.3) is 0 Å². The van der Waals surface area contributed by atoms with E-state index in [1.807, 2.05) is 39.0 Å². The Morgan fingerprint density at radius 1 is 1.32 bits per heavy atom. The van der Waals surface area contributed by atoms with E-state index in [0.29, 0.717) is 6.54 Å². The van der Waals surface area contributed by atoms with Crippen LogP contribution in [0.3, 0.4) is 0 Å². The summed E-state index contributed by atoms with van der Waals surface area (Å²) in [6.07, 6.45) is 4.30. The third-order valence-electron chi connectivity index (χ3n) is 4.71. The van der Waals surface area contributed by atoms with Gasteiger partial charge in [-0.15, -0.1) is 0 Å². The van der Waals surface area contributed by atoms with Crippen LogP contribution in [0, 0.1) is 6.92 Å². The molecule has 0 fully saturated rings. The average molecular weight is 442 g/mol. The molecule has 3 aromatic rings. The number of methoxy groups -OCH3 is 1. The van der Waals surface area contributed by atoms with E-state index >= 15 is 0 Å². The summed E-state index contributed by atoms with van der Waals surface area (Å²) >= 11 is 3.53. The molecule has 0 unspecified atom stereocenters. The van der Waals surface area contributed by atoms with Gasteiger partial charge in [-0.3, -0.25) is 4.79 Å². The van der Waals surface area contributed by atoms with Gasteiger partial charge in [0.15, 0.2) is 0 Å². The van der Waals surface area contributed by atoms with E-state index in [4.69, 9.17) is 9.15 Å². The van der Waals surface area contributed by atoms with Crippen molar-refractivity contribution >= 4 is 38.4 Å². The van der Waals surface area contributed by atoms with E-state index < -0.39 is 0 Å². The molecule has 0 saturated carbocycles.